The molecule has 1 amide bonds. The fraction of sp³-hybridized carbons (Fsp3) is 0.333. The fourth-order valence-corrected chi connectivity index (χ4v) is 3.70. The van der Waals surface area contributed by atoms with Gasteiger partial charge in [0, 0.05) is 37.1 Å². The Morgan fingerprint density at radius 3 is 3.07 bits per heavy atom. The molecule has 0 spiro atoms. The van der Waals surface area contributed by atoms with Gasteiger partial charge in [-0.3, -0.25) is 4.79 Å². The number of amides is 1. The molecule has 3 aromatic rings. The van der Waals surface area contributed by atoms with Gasteiger partial charge >= 0.3 is 0 Å². The summed E-state index contributed by atoms with van der Waals surface area (Å²) >= 11 is 0. The van der Waals surface area contributed by atoms with Crippen molar-refractivity contribution in [3.63, 3.8) is 0 Å². The number of nitrogens with zero attached hydrogens (tertiary/aromatic N) is 5. The van der Waals surface area contributed by atoms with Crippen LogP contribution in [0.3, 0.4) is 0 Å². The number of benzene rings is 1. The van der Waals surface area contributed by atoms with Gasteiger partial charge in [-0.05, 0) is 18.6 Å². The molecule has 0 aliphatic carbocycles. The van der Waals surface area contributed by atoms with Crippen LogP contribution in [0, 0.1) is 5.82 Å². The lowest BCUT2D eigenvalue weighted by atomic mass is 10.0. The predicted molar refractivity (Wildman–Crippen MR) is 95.3 cm³/mol. The van der Waals surface area contributed by atoms with E-state index in [4.69, 9.17) is 4.74 Å². The first-order valence-corrected chi connectivity index (χ1v) is 8.88. The average molecular weight is 368 g/mol. The minimum atomic E-state index is -0.272. The van der Waals surface area contributed by atoms with E-state index in [0.717, 1.165) is 17.7 Å². The van der Waals surface area contributed by atoms with Gasteiger partial charge in [-0.1, -0.05) is 0 Å². The van der Waals surface area contributed by atoms with E-state index in [1.165, 1.54) is 12.4 Å². The molecule has 0 atom stereocenters. The zero-order valence-corrected chi connectivity index (χ0v) is 14.5. The van der Waals surface area contributed by atoms with E-state index < -0.39 is 0 Å². The van der Waals surface area contributed by atoms with Gasteiger partial charge in [0.2, 0.25) is 11.9 Å². The number of hydrogen-bond donors (Lipinski definition) is 1. The minimum absolute atomic E-state index is 0.0596. The van der Waals surface area contributed by atoms with Crippen LogP contribution in [0.15, 0.2) is 24.7 Å². The van der Waals surface area contributed by atoms with E-state index in [2.05, 4.69) is 20.5 Å². The molecule has 8 nitrogen and oxygen atoms in total. The lowest BCUT2D eigenvalue weighted by Crippen LogP contribution is -2.25. The van der Waals surface area contributed by atoms with E-state index in [0.29, 0.717) is 48.8 Å². The Balaban J connectivity index is 1.46. The summed E-state index contributed by atoms with van der Waals surface area (Å²) in [6, 6.07) is 3.09. The molecule has 9 heteroatoms. The molecule has 0 saturated carbocycles. The van der Waals surface area contributed by atoms with Crippen LogP contribution < -0.4 is 15.0 Å². The Labute approximate surface area is 154 Å². The first-order chi connectivity index (χ1) is 13.2. The Kier molecular flexibility index (Phi) is 3.66. The largest absolute Gasteiger partial charge is 0.493 e. The standard InChI is InChI=1S/C18H17FN6O2/c19-13-3-4-15-11(5-7-27-15)12(13)8-20-18-21-9-14(17-23-22-10-25(17)18)24-6-1-2-16(24)26/h3-4,9-10H,1-2,5-8H2,(H,20,21). The maximum absolute atomic E-state index is 14.3. The van der Waals surface area contributed by atoms with Crippen LogP contribution in [-0.2, 0) is 17.8 Å². The second-order valence-electron chi connectivity index (χ2n) is 6.60. The molecule has 1 N–H and O–H groups in total. The van der Waals surface area contributed by atoms with Gasteiger partial charge in [0.15, 0.2) is 5.65 Å². The van der Waals surface area contributed by atoms with Crippen LogP contribution in [0.2, 0.25) is 0 Å². The summed E-state index contributed by atoms with van der Waals surface area (Å²) in [6.07, 6.45) is 5.18. The molecule has 0 unspecified atom stereocenters. The molecule has 2 aliphatic rings. The summed E-state index contributed by atoms with van der Waals surface area (Å²) in [6.45, 7) is 1.48. The highest BCUT2D eigenvalue weighted by Gasteiger charge is 2.26. The van der Waals surface area contributed by atoms with Gasteiger partial charge in [-0.25, -0.2) is 13.8 Å². The highest BCUT2D eigenvalue weighted by Crippen LogP contribution is 2.31. The highest BCUT2D eigenvalue weighted by molar-refractivity contribution is 5.98. The third kappa shape index (κ3) is 2.57. The molecule has 5 rings (SSSR count). The van der Waals surface area contributed by atoms with E-state index in [1.807, 2.05) is 0 Å². The van der Waals surface area contributed by atoms with Crippen LogP contribution in [0.25, 0.3) is 5.65 Å². The Morgan fingerprint density at radius 1 is 1.30 bits per heavy atom. The number of hydrogen-bond acceptors (Lipinski definition) is 6. The number of rotatable bonds is 4. The Morgan fingerprint density at radius 2 is 2.22 bits per heavy atom. The second-order valence-corrected chi connectivity index (χ2v) is 6.60. The maximum atomic E-state index is 14.3. The molecule has 27 heavy (non-hydrogen) atoms. The summed E-state index contributed by atoms with van der Waals surface area (Å²) in [5.74, 6) is 1.01. The molecule has 1 aromatic carbocycles. The average Bonchev–Trinajstić information content (AvgIpc) is 3.41. The van der Waals surface area contributed by atoms with Crippen molar-refractivity contribution < 1.29 is 13.9 Å². The van der Waals surface area contributed by atoms with Crippen LogP contribution in [0.4, 0.5) is 16.0 Å². The van der Waals surface area contributed by atoms with Crippen LogP contribution in [-0.4, -0.2) is 38.6 Å². The molecular weight excluding hydrogens is 351 g/mol. The van der Waals surface area contributed by atoms with Gasteiger partial charge in [0.1, 0.15) is 23.6 Å². The summed E-state index contributed by atoms with van der Waals surface area (Å²) in [5, 5.41) is 11.2. The van der Waals surface area contributed by atoms with E-state index in [-0.39, 0.29) is 18.3 Å². The highest BCUT2D eigenvalue weighted by atomic mass is 19.1. The van der Waals surface area contributed by atoms with Crippen molar-refractivity contribution in [2.75, 3.05) is 23.4 Å². The minimum Gasteiger partial charge on any atom is -0.493 e. The Hall–Kier alpha value is -3.23. The predicted octanol–water partition coefficient (Wildman–Crippen LogP) is 1.94. The fourth-order valence-electron chi connectivity index (χ4n) is 3.70. The lowest BCUT2D eigenvalue weighted by molar-refractivity contribution is -0.117. The summed E-state index contributed by atoms with van der Waals surface area (Å²) < 4.78 is 21.5. The summed E-state index contributed by atoms with van der Waals surface area (Å²) in [5.41, 5.74) is 2.65. The Bertz CT molecular complexity index is 1050. The van der Waals surface area contributed by atoms with Gasteiger partial charge < -0.3 is 15.0 Å². The quantitative estimate of drug-likeness (QED) is 0.758. The van der Waals surface area contributed by atoms with Gasteiger partial charge in [0.05, 0.1) is 12.8 Å². The van der Waals surface area contributed by atoms with Crippen molar-refractivity contribution in [2.45, 2.75) is 25.8 Å². The normalized spacial score (nSPS) is 16.0. The molecule has 138 valence electrons. The van der Waals surface area contributed by atoms with E-state index in [1.54, 1.807) is 21.6 Å². The molecule has 0 bridgehead atoms. The number of ether oxygens (including phenoxy) is 1. The van der Waals surface area contributed by atoms with Crippen molar-refractivity contribution in [3.05, 3.63) is 41.6 Å². The van der Waals surface area contributed by atoms with Crippen molar-refractivity contribution in [1.29, 1.82) is 0 Å². The van der Waals surface area contributed by atoms with Gasteiger partial charge in [-0.2, -0.15) is 0 Å². The molecule has 1 saturated heterocycles. The van der Waals surface area contributed by atoms with Crippen molar-refractivity contribution in [2.24, 2.45) is 0 Å². The van der Waals surface area contributed by atoms with E-state index >= 15 is 0 Å². The van der Waals surface area contributed by atoms with Crippen molar-refractivity contribution >= 4 is 23.2 Å². The van der Waals surface area contributed by atoms with Crippen LogP contribution in [0.5, 0.6) is 5.75 Å². The molecule has 4 heterocycles. The maximum Gasteiger partial charge on any atom is 0.227 e. The summed E-state index contributed by atoms with van der Waals surface area (Å²) in [4.78, 5) is 18.2. The zero-order chi connectivity index (χ0) is 18.4. The lowest BCUT2D eigenvalue weighted by Gasteiger charge is -2.17. The smallest absolute Gasteiger partial charge is 0.227 e. The number of anilines is 2. The van der Waals surface area contributed by atoms with E-state index in [9.17, 15) is 9.18 Å². The number of carbonyl (C=O) groups excluding carboxylic acids is 1. The number of nitrogens with one attached hydrogen (secondary N) is 1. The molecule has 0 radical (unpaired) electrons. The number of aromatic nitrogens is 4. The van der Waals surface area contributed by atoms with Crippen LogP contribution >= 0.6 is 0 Å². The van der Waals surface area contributed by atoms with Crippen molar-refractivity contribution in [3.8, 4) is 5.75 Å². The van der Waals surface area contributed by atoms with Crippen molar-refractivity contribution in [1.82, 2.24) is 19.6 Å². The SMILES string of the molecule is O=C1CCCN1c1cnc(NCc2c(F)ccc3c2CCO3)n2cnnc12. The monoisotopic (exact) mass is 368 g/mol. The zero-order valence-electron chi connectivity index (χ0n) is 14.5. The summed E-state index contributed by atoms with van der Waals surface area (Å²) in [7, 11) is 0. The third-order valence-corrected chi connectivity index (χ3v) is 5.04. The van der Waals surface area contributed by atoms with Gasteiger partial charge in [0.25, 0.3) is 0 Å². The third-order valence-electron chi connectivity index (χ3n) is 5.04. The number of halogens is 1. The number of fused-ring (bicyclic) bond motifs is 2. The molecular formula is C18H17FN6O2. The number of carbonyl (C=O) groups is 1. The topological polar surface area (TPSA) is 84.7 Å². The molecule has 1 fully saturated rings. The van der Waals surface area contributed by atoms with Gasteiger partial charge in [-0.15, -0.1) is 10.2 Å². The second kappa shape index (κ2) is 6.19. The van der Waals surface area contributed by atoms with Crippen LogP contribution in [0.1, 0.15) is 24.0 Å². The molecule has 2 aromatic heterocycles. The molecule has 2 aliphatic heterocycles. The first kappa shape index (κ1) is 16.0. The first-order valence-electron chi connectivity index (χ1n) is 8.88.